The fourth-order valence-electron chi connectivity index (χ4n) is 2.02. The van der Waals surface area contributed by atoms with Crippen LogP contribution in [0.4, 0.5) is 0 Å². The van der Waals surface area contributed by atoms with Crippen LogP contribution in [0.25, 0.3) is 0 Å². The molecule has 0 spiro atoms. The van der Waals surface area contributed by atoms with Crippen molar-refractivity contribution in [3.8, 4) is 0 Å². The van der Waals surface area contributed by atoms with Crippen molar-refractivity contribution >= 4 is 0 Å². The number of aromatic nitrogens is 2. The fourth-order valence-corrected chi connectivity index (χ4v) is 2.02. The van der Waals surface area contributed by atoms with Gasteiger partial charge in [-0.1, -0.05) is 48.3 Å². The Hall–Kier alpha value is -1.68. The lowest BCUT2D eigenvalue weighted by atomic mass is 10.1. The van der Waals surface area contributed by atoms with Crippen molar-refractivity contribution in [3.63, 3.8) is 0 Å². The van der Waals surface area contributed by atoms with E-state index in [2.05, 4.69) is 22.3 Å². The van der Waals surface area contributed by atoms with Crippen LogP contribution in [0.1, 0.15) is 43.0 Å². The minimum Gasteiger partial charge on any atom is -0.339 e. The third kappa shape index (κ3) is 4.83. The van der Waals surface area contributed by atoms with Crippen molar-refractivity contribution in [1.29, 1.82) is 0 Å². The predicted molar refractivity (Wildman–Crippen MR) is 74.8 cm³/mol. The Morgan fingerprint density at radius 1 is 1.00 bits per heavy atom. The molecule has 0 radical (unpaired) electrons. The van der Waals surface area contributed by atoms with Crippen LogP contribution in [0, 0.1) is 0 Å². The molecule has 0 atom stereocenters. The van der Waals surface area contributed by atoms with E-state index in [1.165, 1.54) is 18.4 Å². The predicted octanol–water partition coefficient (Wildman–Crippen LogP) is 2.72. The normalized spacial score (nSPS) is 10.8. The molecule has 0 aliphatic heterocycles. The molecule has 4 heteroatoms. The number of rotatable bonds is 8. The van der Waals surface area contributed by atoms with Crippen molar-refractivity contribution in [2.24, 2.45) is 5.73 Å². The van der Waals surface area contributed by atoms with Gasteiger partial charge in [-0.05, 0) is 24.9 Å². The second kappa shape index (κ2) is 7.69. The number of nitrogens with zero attached hydrogens (tertiary/aromatic N) is 2. The third-order valence-electron chi connectivity index (χ3n) is 3.06. The first-order valence-electron chi connectivity index (χ1n) is 6.94. The van der Waals surface area contributed by atoms with Gasteiger partial charge in [-0.2, -0.15) is 4.98 Å². The van der Waals surface area contributed by atoms with Gasteiger partial charge in [0.05, 0.1) is 0 Å². The summed E-state index contributed by atoms with van der Waals surface area (Å²) in [5.74, 6) is 1.52. The summed E-state index contributed by atoms with van der Waals surface area (Å²) in [5.41, 5.74) is 6.66. The summed E-state index contributed by atoms with van der Waals surface area (Å²) in [6.45, 7) is 0.780. The Labute approximate surface area is 114 Å². The van der Waals surface area contributed by atoms with E-state index < -0.39 is 0 Å². The monoisotopic (exact) mass is 259 g/mol. The van der Waals surface area contributed by atoms with E-state index in [-0.39, 0.29) is 0 Å². The fraction of sp³-hybridized carbons (Fsp3) is 0.467. The highest BCUT2D eigenvalue weighted by atomic mass is 16.5. The topological polar surface area (TPSA) is 64.9 Å². The van der Waals surface area contributed by atoms with Crippen molar-refractivity contribution < 1.29 is 4.52 Å². The maximum absolute atomic E-state index is 5.46. The maximum atomic E-state index is 5.46. The first-order chi connectivity index (χ1) is 9.38. The molecule has 0 aliphatic rings. The summed E-state index contributed by atoms with van der Waals surface area (Å²) in [5, 5.41) is 4.02. The van der Waals surface area contributed by atoms with Crippen LogP contribution in [0.2, 0.25) is 0 Å². The largest absolute Gasteiger partial charge is 0.339 e. The number of hydrogen-bond acceptors (Lipinski definition) is 4. The third-order valence-corrected chi connectivity index (χ3v) is 3.06. The van der Waals surface area contributed by atoms with E-state index in [1.54, 1.807) is 0 Å². The SMILES string of the molecule is NCCCCCCc1nc(Cc2ccccc2)no1. The van der Waals surface area contributed by atoms with Gasteiger partial charge in [0.15, 0.2) is 5.82 Å². The molecule has 102 valence electrons. The van der Waals surface area contributed by atoms with Crippen LogP contribution in [0.15, 0.2) is 34.9 Å². The van der Waals surface area contributed by atoms with Gasteiger partial charge in [0.1, 0.15) is 0 Å². The number of aryl methyl sites for hydroxylation is 1. The average molecular weight is 259 g/mol. The van der Waals surface area contributed by atoms with Gasteiger partial charge in [-0.25, -0.2) is 0 Å². The van der Waals surface area contributed by atoms with Crippen LogP contribution in [0.3, 0.4) is 0 Å². The van der Waals surface area contributed by atoms with Gasteiger partial charge in [-0.3, -0.25) is 0 Å². The first kappa shape index (κ1) is 13.7. The molecule has 1 aromatic heterocycles. The standard InChI is InChI=1S/C15H21N3O/c16-11-7-2-1-6-10-15-17-14(18-19-15)12-13-8-4-3-5-9-13/h3-5,8-9H,1-2,6-7,10-12,16H2. The Bertz CT molecular complexity index is 467. The van der Waals surface area contributed by atoms with Crippen molar-refractivity contribution in [3.05, 3.63) is 47.6 Å². The molecular formula is C15H21N3O. The van der Waals surface area contributed by atoms with E-state index in [0.717, 1.165) is 43.9 Å². The Balaban J connectivity index is 1.76. The molecule has 19 heavy (non-hydrogen) atoms. The zero-order chi connectivity index (χ0) is 13.3. The highest BCUT2D eigenvalue weighted by molar-refractivity contribution is 5.18. The molecule has 0 fully saturated rings. The quantitative estimate of drug-likeness (QED) is 0.740. The zero-order valence-corrected chi connectivity index (χ0v) is 11.2. The Kier molecular flexibility index (Phi) is 5.56. The average Bonchev–Trinajstić information content (AvgIpc) is 2.87. The smallest absolute Gasteiger partial charge is 0.226 e. The van der Waals surface area contributed by atoms with Crippen LogP contribution < -0.4 is 5.73 Å². The molecule has 0 saturated carbocycles. The zero-order valence-electron chi connectivity index (χ0n) is 11.2. The van der Waals surface area contributed by atoms with Gasteiger partial charge in [0.2, 0.25) is 5.89 Å². The molecular weight excluding hydrogens is 238 g/mol. The van der Waals surface area contributed by atoms with E-state index in [0.29, 0.717) is 0 Å². The minimum atomic E-state index is 0.734. The van der Waals surface area contributed by atoms with E-state index >= 15 is 0 Å². The molecule has 0 amide bonds. The number of unbranched alkanes of at least 4 members (excludes halogenated alkanes) is 3. The Morgan fingerprint density at radius 3 is 2.58 bits per heavy atom. The summed E-state index contributed by atoms with van der Waals surface area (Å²) in [4.78, 5) is 4.42. The van der Waals surface area contributed by atoms with Crippen molar-refractivity contribution in [1.82, 2.24) is 10.1 Å². The molecule has 0 unspecified atom stereocenters. The Morgan fingerprint density at radius 2 is 1.79 bits per heavy atom. The van der Waals surface area contributed by atoms with Gasteiger partial charge in [0.25, 0.3) is 0 Å². The molecule has 0 saturated heterocycles. The van der Waals surface area contributed by atoms with Crippen LogP contribution in [-0.4, -0.2) is 16.7 Å². The number of benzene rings is 1. The second-order valence-corrected chi connectivity index (χ2v) is 4.72. The molecule has 0 aliphatic carbocycles. The van der Waals surface area contributed by atoms with Gasteiger partial charge < -0.3 is 10.3 Å². The molecule has 2 rings (SSSR count). The van der Waals surface area contributed by atoms with E-state index in [1.807, 2.05) is 18.2 Å². The van der Waals surface area contributed by atoms with Crippen molar-refractivity contribution in [2.75, 3.05) is 6.54 Å². The number of hydrogen-bond donors (Lipinski definition) is 1. The molecule has 0 bridgehead atoms. The summed E-state index contributed by atoms with van der Waals surface area (Å²) in [7, 11) is 0. The highest BCUT2D eigenvalue weighted by Gasteiger charge is 2.06. The molecule has 2 aromatic rings. The molecule has 2 N–H and O–H groups in total. The first-order valence-corrected chi connectivity index (χ1v) is 6.94. The summed E-state index contributed by atoms with van der Waals surface area (Å²) < 4.78 is 5.26. The number of nitrogens with two attached hydrogens (primary N) is 1. The maximum Gasteiger partial charge on any atom is 0.226 e. The van der Waals surface area contributed by atoms with Gasteiger partial charge in [0, 0.05) is 12.8 Å². The lowest BCUT2D eigenvalue weighted by molar-refractivity contribution is 0.369. The molecule has 4 nitrogen and oxygen atoms in total. The van der Waals surface area contributed by atoms with E-state index in [4.69, 9.17) is 10.3 Å². The second-order valence-electron chi connectivity index (χ2n) is 4.72. The highest BCUT2D eigenvalue weighted by Crippen LogP contribution is 2.09. The van der Waals surface area contributed by atoms with Crippen LogP contribution in [0.5, 0.6) is 0 Å². The van der Waals surface area contributed by atoms with Crippen molar-refractivity contribution in [2.45, 2.75) is 38.5 Å². The summed E-state index contributed by atoms with van der Waals surface area (Å²) in [6.07, 6.45) is 6.15. The van der Waals surface area contributed by atoms with E-state index in [9.17, 15) is 0 Å². The van der Waals surface area contributed by atoms with Crippen LogP contribution in [-0.2, 0) is 12.8 Å². The van der Waals surface area contributed by atoms with Crippen LogP contribution >= 0.6 is 0 Å². The minimum absolute atomic E-state index is 0.734. The summed E-state index contributed by atoms with van der Waals surface area (Å²) in [6, 6.07) is 10.2. The van der Waals surface area contributed by atoms with Gasteiger partial charge >= 0.3 is 0 Å². The lowest BCUT2D eigenvalue weighted by Gasteiger charge is -1.96. The molecule has 1 heterocycles. The van der Waals surface area contributed by atoms with Gasteiger partial charge in [-0.15, -0.1) is 0 Å². The lowest BCUT2D eigenvalue weighted by Crippen LogP contribution is -1.98. The molecule has 1 aromatic carbocycles. The summed E-state index contributed by atoms with van der Waals surface area (Å²) >= 11 is 0.